The van der Waals surface area contributed by atoms with E-state index in [4.69, 9.17) is 0 Å². The van der Waals surface area contributed by atoms with E-state index in [1.165, 1.54) is 12.1 Å². The fourth-order valence-electron chi connectivity index (χ4n) is 1.26. The monoisotopic (exact) mass is 233 g/mol. The van der Waals surface area contributed by atoms with Crippen LogP contribution >= 0.6 is 0 Å². The summed E-state index contributed by atoms with van der Waals surface area (Å²) in [6.07, 6.45) is 1.94. The van der Waals surface area contributed by atoms with Crippen molar-refractivity contribution in [1.29, 1.82) is 0 Å². The molecule has 17 heavy (non-hydrogen) atoms. The van der Waals surface area contributed by atoms with Crippen LogP contribution in [0.5, 0.6) is 0 Å². The van der Waals surface area contributed by atoms with Crippen LogP contribution in [0.3, 0.4) is 0 Å². The smallest absolute Gasteiger partial charge is 0.269 e. The number of anilines is 1. The molecule has 0 aliphatic heterocycles. The highest BCUT2D eigenvalue weighted by molar-refractivity contribution is 5.93. The second-order valence-electron chi connectivity index (χ2n) is 3.89. The summed E-state index contributed by atoms with van der Waals surface area (Å²) in [5.41, 5.74) is 5.64. The minimum absolute atomic E-state index is 0.0700. The molecule has 90 valence electrons. The minimum atomic E-state index is -0.429. The van der Waals surface area contributed by atoms with Gasteiger partial charge in [-0.1, -0.05) is 5.57 Å². The Morgan fingerprint density at radius 3 is 2.35 bits per heavy atom. The number of nitrogens with one attached hydrogen (secondary N) is 1. The van der Waals surface area contributed by atoms with E-state index in [9.17, 15) is 10.1 Å². The van der Waals surface area contributed by atoms with E-state index >= 15 is 0 Å². The van der Waals surface area contributed by atoms with Crippen LogP contribution in [0.4, 0.5) is 11.4 Å². The predicted molar refractivity (Wildman–Crippen MR) is 69.3 cm³/mol. The van der Waals surface area contributed by atoms with Crippen molar-refractivity contribution in [3.8, 4) is 0 Å². The van der Waals surface area contributed by atoms with Crippen molar-refractivity contribution in [2.24, 2.45) is 5.10 Å². The van der Waals surface area contributed by atoms with Gasteiger partial charge in [0.2, 0.25) is 0 Å². The topological polar surface area (TPSA) is 67.5 Å². The molecular formula is C12H15N3O2. The molecule has 1 rings (SSSR count). The molecule has 1 N–H and O–H groups in total. The van der Waals surface area contributed by atoms with Crippen molar-refractivity contribution in [3.63, 3.8) is 0 Å². The molecule has 1 aromatic carbocycles. The standard InChI is InChI=1S/C12H15N3O2/c1-9(2)8-10(3)13-14-11-4-6-12(7-5-11)15(16)17/h4-8,14H,1-3H3/b13-10+. The van der Waals surface area contributed by atoms with Crippen LogP contribution < -0.4 is 5.43 Å². The Balaban J connectivity index is 2.70. The van der Waals surface area contributed by atoms with Crippen LogP contribution in [0, 0.1) is 10.1 Å². The highest BCUT2D eigenvalue weighted by Crippen LogP contribution is 2.15. The van der Waals surface area contributed by atoms with Crippen molar-refractivity contribution < 1.29 is 4.92 Å². The lowest BCUT2D eigenvalue weighted by Crippen LogP contribution is -1.95. The first-order valence-corrected chi connectivity index (χ1v) is 5.18. The number of hydrogen-bond acceptors (Lipinski definition) is 4. The molecule has 0 aromatic heterocycles. The normalized spacial score (nSPS) is 10.9. The van der Waals surface area contributed by atoms with Gasteiger partial charge in [-0.15, -0.1) is 0 Å². The van der Waals surface area contributed by atoms with E-state index in [1.54, 1.807) is 12.1 Å². The summed E-state index contributed by atoms with van der Waals surface area (Å²) in [5, 5.41) is 14.6. The summed E-state index contributed by atoms with van der Waals surface area (Å²) in [5.74, 6) is 0. The molecular weight excluding hydrogens is 218 g/mol. The summed E-state index contributed by atoms with van der Waals surface area (Å²) in [7, 11) is 0. The molecule has 0 radical (unpaired) electrons. The summed E-state index contributed by atoms with van der Waals surface area (Å²) in [6, 6.07) is 6.12. The number of nitro benzene ring substituents is 1. The lowest BCUT2D eigenvalue weighted by atomic mass is 10.2. The zero-order valence-corrected chi connectivity index (χ0v) is 10.1. The molecule has 0 heterocycles. The first kappa shape index (κ1) is 12.9. The molecule has 0 amide bonds. The Kier molecular flexibility index (Phi) is 4.39. The number of hydrogen-bond donors (Lipinski definition) is 1. The Labute approximate surface area is 100.0 Å². The molecule has 0 unspecified atom stereocenters. The molecule has 0 aliphatic rings. The van der Waals surface area contributed by atoms with Crippen LogP contribution in [-0.4, -0.2) is 10.6 Å². The van der Waals surface area contributed by atoms with E-state index in [2.05, 4.69) is 10.5 Å². The number of nitrogens with zero attached hydrogens (tertiary/aromatic N) is 2. The largest absolute Gasteiger partial charge is 0.278 e. The van der Waals surface area contributed by atoms with Crippen LogP contribution in [0.15, 0.2) is 41.0 Å². The maximum absolute atomic E-state index is 10.4. The summed E-state index contributed by atoms with van der Waals surface area (Å²) < 4.78 is 0. The van der Waals surface area contributed by atoms with Crippen LogP contribution in [0.1, 0.15) is 20.8 Å². The Bertz CT molecular complexity index is 457. The third-order valence-corrected chi connectivity index (χ3v) is 1.94. The zero-order valence-electron chi connectivity index (χ0n) is 10.1. The fourth-order valence-corrected chi connectivity index (χ4v) is 1.26. The van der Waals surface area contributed by atoms with Gasteiger partial charge < -0.3 is 0 Å². The van der Waals surface area contributed by atoms with Gasteiger partial charge in [0.25, 0.3) is 5.69 Å². The van der Waals surface area contributed by atoms with E-state index < -0.39 is 4.92 Å². The van der Waals surface area contributed by atoms with E-state index in [0.717, 1.165) is 17.0 Å². The zero-order chi connectivity index (χ0) is 12.8. The summed E-state index contributed by atoms with van der Waals surface area (Å²) >= 11 is 0. The predicted octanol–water partition coefficient (Wildman–Crippen LogP) is 3.35. The van der Waals surface area contributed by atoms with Crippen molar-refractivity contribution in [1.82, 2.24) is 0 Å². The second kappa shape index (κ2) is 5.79. The van der Waals surface area contributed by atoms with Gasteiger partial charge in [0.15, 0.2) is 0 Å². The van der Waals surface area contributed by atoms with Gasteiger partial charge in [-0.2, -0.15) is 5.10 Å². The number of nitro groups is 1. The van der Waals surface area contributed by atoms with Crippen molar-refractivity contribution >= 4 is 17.1 Å². The number of non-ortho nitro benzene ring substituents is 1. The Morgan fingerprint density at radius 2 is 1.88 bits per heavy atom. The summed E-state index contributed by atoms with van der Waals surface area (Å²) in [4.78, 5) is 10.0. The fraction of sp³-hybridized carbons (Fsp3) is 0.250. The van der Waals surface area contributed by atoms with Crippen LogP contribution in [0.2, 0.25) is 0 Å². The molecule has 0 atom stereocenters. The minimum Gasteiger partial charge on any atom is -0.278 e. The van der Waals surface area contributed by atoms with E-state index in [1.807, 2.05) is 26.8 Å². The number of hydrazone groups is 1. The molecule has 0 bridgehead atoms. The second-order valence-corrected chi connectivity index (χ2v) is 3.89. The van der Waals surface area contributed by atoms with Gasteiger partial charge >= 0.3 is 0 Å². The molecule has 0 fully saturated rings. The van der Waals surface area contributed by atoms with Crippen molar-refractivity contribution in [2.75, 3.05) is 5.43 Å². The molecule has 0 aliphatic carbocycles. The molecule has 1 aromatic rings. The van der Waals surface area contributed by atoms with E-state index in [-0.39, 0.29) is 5.69 Å². The van der Waals surface area contributed by atoms with Crippen LogP contribution in [-0.2, 0) is 0 Å². The first-order chi connectivity index (χ1) is 7.99. The molecule has 5 nitrogen and oxygen atoms in total. The quantitative estimate of drug-likeness (QED) is 0.492. The van der Waals surface area contributed by atoms with Gasteiger partial charge in [0.1, 0.15) is 0 Å². The SMILES string of the molecule is CC(C)=C/C(C)=N/Nc1ccc([N+](=O)[O-])cc1. The van der Waals surface area contributed by atoms with Gasteiger partial charge in [0.05, 0.1) is 16.3 Å². The maximum Gasteiger partial charge on any atom is 0.269 e. The highest BCUT2D eigenvalue weighted by atomic mass is 16.6. The van der Waals surface area contributed by atoms with Gasteiger partial charge in [0, 0.05) is 12.1 Å². The van der Waals surface area contributed by atoms with Crippen molar-refractivity contribution in [3.05, 3.63) is 46.0 Å². The highest BCUT2D eigenvalue weighted by Gasteiger charge is 2.02. The Morgan fingerprint density at radius 1 is 1.29 bits per heavy atom. The lowest BCUT2D eigenvalue weighted by molar-refractivity contribution is -0.384. The third-order valence-electron chi connectivity index (χ3n) is 1.94. The maximum atomic E-state index is 10.4. The van der Waals surface area contributed by atoms with Gasteiger partial charge in [-0.05, 0) is 39.0 Å². The number of benzene rings is 1. The summed E-state index contributed by atoms with van der Waals surface area (Å²) in [6.45, 7) is 5.86. The number of rotatable bonds is 4. The van der Waals surface area contributed by atoms with Gasteiger partial charge in [-0.25, -0.2) is 0 Å². The average molecular weight is 233 g/mol. The molecule has 0 saturated carbocycles. The lowest BCUT2D eigenvalue weighted by Gasteiger charge is -2.00. The molecule has 5 heteroatoms. The average Bonchev–Trinajstić information content (AvgIpc) is 2.26. The number of allylic oxidation sites excluding steroid dienone is 2. The Hall–Kier alpha value is -2.17. The molecule has 0 spiro atoms. The van der Waals surface area contributed by atoms with Gasteiger partial charge in [-0.3, -0.25) is 15.5 Å². The molecule has 0 saturated heterocycles. The van der Waals surface area contributed by atoms with Crippen molar-refractivity contribution in [2.45, 2.75) is 20.8 Å². The first-order valence-electron chi connectivity index (χ1n) is 5.18. The van der Waals surface area contributed by atoms with E-state index in [0.29, 0.717) is 0 Å². The third kappa shape index (κ3) is 4.46. The van der Waals surface area contributed by atoms with Crippen LogP contribution in [0.25, 0.3) is 0 Å².